The molecule has 1 heterocycles. The number of rotatable bonds is 3. The highest BCUT2D eigenvalue weighted by atomic mass is 32.2. The van der Waals surface area contributed by atoms with Crippen molar-refractivity contribution in [1.29, 1.82) is 0 Å². The summed E-state index contributed by atoms with van der Waals surface area (Å²) in [6.45, 7) is 4.29. The van der Waals surface area contributed by atoms with Gasteiger partial charge in [0.25, 0.3) is 5.91 Å². The van der Waals surface area contributed by atoms with E-state index in [9.17, 15) is 13.2 Å². The van der Waals surface area contributed by atoms with Gasteiger partial charge in [-0.15, -0.1) is 0 Å². The molecule has 1 fully saturated rings. The minimum Gasteiger partial charge on any atom is -0.322 e. The fourth-order valence-electron chi connectivity index (χ4n) is 3.00. The summed E-state index contributed by atoms with van der Waals surface area (Å²) in [7, 11) is -3.30. The van der Waals surface area contributed by atoms with Gasteiger partial charge in [0.15, 0.2) is 0 Å². The van der Waals surface area contributed by atoms with E-state index in [-0.39, 0.29) is 11.7 Å². The minimum absolute atomic E-state index is 0.159. The highest BCUT2D eigenvalue weighted by Crippen LogP contribution is 2.28. The van der Waals surface area contributed by atoms with E-state index >= 15 is 0 Å². The van der Waals surface area contributed by atoms with Gasteiger partial charge in [-0.3, -0.25) is 9.10 Å². The summed E-state index contributed by atoms with van der Waals surface area (Å²) >= 11 is 0. The molecule has 0 bridgehead atoms. The molecule has 1 aliphatic heterocycles. The molecule has 1 saturated heterocycles. The quantitative estimate of drug-likeness (QED) is 0.913. The van der Waals surface area contributed by atoms with Gasteiger partial charge in [-0.1, -0.05) is 18.2 Å². The first-order valence-electron chi connectivity index (χ1n) is 8.36. The van der Waals surface area contributed by atoms with Crippen molar-refractivity contribution in [2.75, 3.05) is 21.9 Å². The second-order valence-corrected chi connectivity index (χ2v) is 8.43. The molecule has 132 valence electrons. The lowest BCUT2D eigenvalue weighted by atomic mass is 10.1. The maximum absolute atomic E-state index is 12.6. The van der Waals surface area contributed by atoms with Crippen molar-refractivity contribution in [3.63, 3.8) is 0 Å². The zero-order valence-corrected chi connectivity index (χ0v) is 15.3. The van der Waals surface area contributed by atoms with Crippen LogP contribution < -0.4 is 9.62 Å². The van der Waals surface area contributed by atoms with Gasteiger partial charge in [0.1, 0.15) is 0 Å². The van der Waals surface area contributed by atoms with Crippen LogP contribution in [0.5, 0.6) is 0 Å². The Kier molecular flexibility index (Phi) is 4.81. The predicted octanol–water partition coefficient (Wildman–Crippen LogP) is 3.49. The SMILES string of the molecule is Cc1cccc(NC(=O)c2ccc(C)c(N3CCCCS3(=O)=O)c2)c1. The Labute approximate surface area is 148 Å². The van der Waals surface area contributed by atoms with E-state index in [0.29, 0.717) is 24.2 Å². The predicted molar refractivity (Wildman–Crippen MR) is 101 cm³/mol. The Morgan fingerprint density at radius 2 is 1.88 bits per heavy atom. The molecule has 3 rings (SSSR count). The van der Waals surface area contributed by atoms with Gasteiger partial charge in [0, 0.05) is 17.8 Å². The first-order chi connectivity index (χ1) is 11.9. The number of sulfonamides is 1. The molecular formula is C19H22N2O3S. The second-order valence-electron chi connectivity index (χ2n) is 6.42. The molecule has 2 aromatic carbocycles. The maximum Gasteiger partial charge on any atom is 0.255 e. The lowest BCUT2D eigenvalue weighted by Crippen LogP contribution is -2.38. The van der Waals surface area contributed by atoms with E-state index < -0.39 is 10.0 Å². The Balaban J connectivity index is 1.89. The van der Waals surface area contributed by atoms with Crippen molar-refractivity contribution >= 4 is 27.3 Å². The summed E-state index contributed by atoms with van der Waals surface area (Å²) in [4.78, 5) is 12.6. The molecule has 0 unspecified atom stereocenters. The van der Waals surface area contributed by atoms with Gasteiger partial charge in [-0.05, 0) is 62.1 Å². The smallest absolute Gasteiger partial charge is 0.255 e. The molecule has 1 aliphatic rings. The van der Waals surface area contributed by atoms with Gasteiger partial charge in [0.2, 0.25) is 10.0 Å². The number of hydrogen-bond donors (Lipinski definition) is 1. The Morgan fingerprint density at radius 3 is 2.60 bits per heavy atom. The lowest BCUT2D eigenvalue weighted by Gasteiger charge is -2.29. The Bertz CT molecular complexity index is 907. The molecule has 25 heavy (non-hydrogen) atoms. The molecular weight excluding hydrogens is 336 g/mol. The highest BCUT2D eigenvalue weighted by molar-refractivity contribution is 7.92. The van der Waals surface area contributed by atoms with Gasteiger partial charge < -0.3 is 5.32 Å². The number of nitrogens with one attached hydrogen (secondary N) is 1. The number of carbonyl (C=O) groups excluding carboxylic acids is 1. The average molecular weight is 358 g/mol. The van der Waals surface area contributed by atoms with Crippen LogP contribution in [0, 0.1) is 13.8 Å². The topological polar surface area (TPSA) is 66.5 Å². The van der Waals surface area contributed by atoms with E-state index in [1.54, 1.807) is 18.2 Å². The van der Waals surface area contributed by atoms with Crippen LogP contribution in [-0.2, 0) is 10.0 Å². The van der Waals surface area contributed by atoms with Crippen LogP contribution in [0.1, 0.15) is 34.3 Å². The molecule has 0 spiro atoms. The van der Waals surface area contributed by atoms with Crippen molar-refractivity contribution in [3.05, 3.63) is 59.2 Å². The first kappa shape index (κ1) is 17.5. The molecule has 1 N–H and O–H groups in total. The van der Waals surface area contributed by atoms with Crippen LogP contribution in [0.25, 0.3) is 0 Å². The summed E-state index contributed by atoms with van der Waals surface area (Å²) in [5.74, 6) is -0.0900. The third-order valence-electron chi connectivity index (χ3n) is 4.37. The number of nitrogens with zero attached hydrogens (tertiary/aromatic N) is 1. The summed E-state index contributed by atoms with van der Waals surface area (Å²) in [6.07, 6.45) is 1.52. The molecule has 0 radical (unpaired) electrons. The van der Waals surface area contributed by atoms with Crippen LogP contribution in [0.2, 0.25) is 0 Å². The van der Waals surface area contributed by atoms with E-state index in [4.69, 9.17) is 0 Å². The van der Waals surface area contributed by atoms with E-state index in [0.717, 1.165) is 23.2 Å². The summed E-state index contributed by atoms with van der Waals surface area (Å²) in [5.41, 5.74) is 3.66. The fourth-order valence-corrected chi connectivity index (χ4v) is 4.70. The molecule has 0 saturated carbocycles. The van der Waals surface area contributed by atoms with Crippen molar-refractivity contribution in [3.8, 4) is 0 Å². The van der Waals surface area contributed by atoms with Crippen LogP contribution in [0.15, 0.2) is 42.5 Å². The molecule has 0 aliphatic carbocycles. The lowest BCUT2D eigenvalue weighted by molar-refractivity contribution is 0.102. The summed E-state index contributed by atoms with van der Waals surface area (Å²) in [5, 5.41) is 2.86. The van der Waals surface area contributed by atoms with Crippen LogP contribution in [-0.4, -0.2) is 26.6 Å². The maximum atomic E-state index is 12.6. The van der Waals surface area contributed by atoms with Crippen LogP contribution in [0.4, 0.5) is 11.4 Å². The van der Waals surface area contributed by atoms with Crippen LogP contribution in [0.3, 0.4) is 0 Å². The van der Waals surface area contributed by atoms with Crippen molar-refractivity contribution in [2.45, 2.75) is 26.7 Å². The van der Waals surface area contributed by atoms with Gasteiger partial charge in [-0.25, -0.2) is 8.42 Å². The number of carbonyl (C=O) groups is 1. The second kappa shape index (κ2) is 6.88. The monoisotopic (exact) mass is 358 g/mol. The van der Waals surface area contributed by atoms with E-state index in [1.165, 1.54) is 4.31 Å². The number of hydrogen-bond acceptors (Lipinski definition) is 3. The molecule has 2 aromatic rings. The summed E-state index contributed by atoms with van der Waals surface area (Å²) < 4.78 is 26.2. The normalized spacial score (nSPS) is 16.5. The average Bonchev–Trinajstić information content (AvgIpc) is 2.55. The van der Waals surface area contributed by atoms with Crippen molar-refractivity contribution in [1.82, 2.24) is 0 Å². The largest absolute Gasteiger partial charge is 0.322 e. The molecule has 0 atom stereocenters. The molecule has 1 amide bonds. The first-order valence-corrected chi connectivity index (χ1v) is 9.97. The zero-order valence-electron chi connectivity index (χ0n) is 14.5. The zero-order chi connectivity index (χ0) is 18.0. The van der Waals surface area contributed by atoms with E-state index in [1.807, 2.05) is 38.1 Å². The van der Waals surface area contributed by atoms with Crippen LogP contribution >= 0.6 is 0 Å². The number of amides is 1. The van der Waals surface area contributed by atoms with E-state index in [2.05, 4.69) is 5.32 Å². The number of aryl methyl sites for hydroxylation is 2. The Hall–Kier alpha value is -2.34. The minimum atomic E-state index is -3.30. The highest BCUT2D eigenvalue weighted by Gasteiger charge is 2.27. The van der Waals surface area contributed by atoms with Gasteiger partial charge >= 0.3 is 0 Å². The molecule has 5 nitrogen and oxygen atoms in total. The fraction of sp³-hybridized carbons (Fsp3) is 0.316. The van der Waals surface area contributed by atoms with Crippen molar-refractivity contribution < 1.29 is 13.2 Å². The number of anilines is 2. The third-order valence-corrected chi connectivity index (χ3v) is 6.22. The van der Waals surface area contributed by atoms with Gasteiger partial charge in [-0.2, -0.15) is 0 Å². The molecule has 6 heteroatoms. The molecule has 0 aromatic heterocycles. The standard InChI is InChI=1S/C19H22N2O3S/c1-14-6-5-7-17(12-14)20-19(22)16-9-8-15(2)18(13-16)21-10-3-4-11-25(21,23)24/h5-9,12-13H,3-4,10-11H2,1-2H3,(H,20,22). The van der Waals surface area contributed by atoms with Gasteiger partial charge in [0.05, 0.1) is 11.4 Å². The summed E-state index contributed by atoms with van der Waals surface area (Å²) in [6, 6.07) is 12.7. The van der Waals surface area contributed by atoms with Crippen molar-refractivity contribution in [2.24, 2.45) is 0 Å². The third kappa shape index (κ3) is 3.85. The number of benzene rings is 2. The Morgan fingerprint density at radius 1 is 1.08 bits per heavy atom.